The summed E-state index contributed by atoms with van der Waals surface area (Å²) < 4.78 is 4.62. The molecule has 0 N–H and O–H groups in total. The molecule has 0 aliphatic heterocycles. The van der Waals surface area contributed by atoms with Crippen molar-refractivity contribution in [1.82, 2.24) is 0 Å². The van der Waals surface area contributed by atoms with Gasteiger partial charge in [0.05, 0.1) is 7.11 Å². The molecule has 0 saturated carbocycles. The van der Waals surface area contributed by atoms with Crippen LogP contribution in [0.3, 0.4) is 0 Å². The van der Waals surface area contributed by atoms with E-state index in [2.05, 4.69) is 31.3 Å². The van der Waals surface area contributed by atoms with E-state index < -0.39 is 8.07 Å². The van der Waals surface area contributed by atoms with Crippen LogP contribution in [-0.4, -0.2) is 21.2 Å². The summed E-state index contributed by atoms with van der Waals surface area (Å²) in [7, 11) is 0.436. The van der Waals surface area contributed by atoms with Crippen molar-refractivity contribution in [2.75, 3.05) is 7.11 Å². The Morgan fingerprint density at radius 1 is 1.36 bits per heavy atom. The molecule has 0 aliphatic carbocycles. The van der Waals surface area contributed by atoms with Crippen LogP contribution >= 0.6 is 0 Å². The first kappa shape index (κ1) is 13.7. The van der Waals surface area contributed by atoms with E-state index in [-0.39, 0.29) is 5.97 Å². The molecule has 0 heterocycles. The number of carbonyl (C=O) groups is 1. The topological polar surface area (TPSA) is 26.3 Å². The lowest BCUT2D eigenvalue weighted by Crippen LogP contribution is -2.27. The van der Waals surface area contributed by atoms with Crippen LogP contribution in [0.15, 0.2) is 0 Å². The Balaban J connectivity index is 3.80. The summed E-state index contributed by atoms with van der Waals surface area (Å²) in [5.74, 6) is -0.0737. The quantitative estimate of drug-likeness (QED) is 0.502. The van der Waals surface area contributed by atoms with Gasteiger partial charge in [-0.2, -0.15) is 0 Å². The maximum atomic E-state index is 10.9. The predicted octanol–water partition coefficient (Wildman–Crippen LogP) is 3.45. The Kier molecular flexibility index (Phi) is 6.08. The third kappa shape index (κ3) is 5.42. The summed E-state index contributed by atoms with van der Waals surface area (Å²) in [6, 6.07) is 0. The number of hydrogen-bond acceptors (Lipinski definition) is 2. The molecule has 0 spiro atoms. The highest BCUT2D eigenvalue weighted by atomic mass is 28.3. The van der Waals surface area contributed by atoms with Crippen molar-refractivity contribution in [3.8, 4) is 0 Å². The normalized spacial score (nSPS) is 13.8. The Morgan fingerprint density at radius 3 is 2.29 bits per heavy atom. The van der Waals surface area contributed by atoms with E-state index in [0.717, 1.165) is 12.0 Å². The van der Waals surface area contributed by atoms with Gasteiger partial charge in [0.1, 0.15) is 0 Å². The van der Waals surface area contributed by atoms with E-state index in [1.165, 1.54) is 20.0 Å². The van der Waals surface area contributed by atoms with Crippen molar-refractivity contribution in [3.05, 3.63) is 0 Å². The first-order chi connectivity index (χ1) is 6.41. The van der Waals surface area contributed by atoms with Crippen LogP contribution in [0.2, 0.25) is 25.2 Å². The van der Waals surface area contributed by atoms with Gasteiger partial charge in [-0.3, -0.25) is 4.79 Å². The van der Waals surface area contributed by atoms with Gasteiger partial charge in [0.25, 0.3) is 0 Å². The van der Waals surface area contributed by atoms with Crippen LogP contribution in [-0.2, 0) is 9.53 Å². The number of carbonyl (C=O) groups excluding carboxylic acids is 1. The van der Waals surface area contributed by atoms with Crippen molar-refractivity contribution in [3.63, 3.8) is 0 Å². The molecule has 1 unspecified atom stereocenters. The molecule has 0 amide bonds. The zero-order valence-electron chi connectivity index (χ0n) is 10.2. The summed E-state index contributed by atoms with van der Waals surface area (Å²) in [6.07, 6.45) is 3.99. The summed E-state index contributed by atoms with van der Waals surface area (Å²) in [6.45, 7) is 9.46. The second-order valence-corrected chi connectivity index (χ2v) is 10.5. The smallest absolute Gasteiger partial charge is 0.305 e. The van der Waals surface area contributed by atoms with Gasteiger partial charge in [0, 0.05) is 14.5 Å². The minimum absolute atomic E-state index is 0.0737. The minimum Gasteiger partial charge on any atom is -0.469 e. The standard InChI is InChI=1S/C11H24O2Si/c1-6-10(14(3,4)5)8-7-9-11(12)13-2/h10H,6-9H2,1-5H3. The summed E-state index contributed by atoms with van der Waals surface area (Å²) in [5, 5.41) is 0. The average Bonchev–Trinajstić information content (AvgIpc) is 2.09. The number of methoxy groups -OCH3 is 1. The predicted molar refractivity (Wildman–Crippen MR) is 63.3 cm³/mol. The van der Waals surface area contributed by atoms with Crippen LogP contribution in [0.25, 0.3) is 0 Å². The highest BCUT2D eigenvalue weighted by Crippen LogP contribution is 2.30. The van der Waals surface area contributed by atoms with Crippen LogP contribution in [0, 0.1) is 0 Å². The van der Waals surface area contributed by atoms with Gasteiger partial charge >= 0.3 is 5.97 Å². The molecule has 3 heteroatoms. The molecule has 0 aromatic rings. The van der Waals surface area contributed by atoms with E-state index >= 15 is 0 Å². The van der Waals surface area contributed by atoms with Crippen LogP contribution < -0.4 is 0 Å². The molecule has 0 saturated heterocycles. The fourth-order valence-electron chi connectivity index (χ4n) is 1.84. The SMILES string of the molecule is CCC(CCCC(=O)OC)[Si](C)(C)C. The zero-order valence-corrected chi connectivity index (χ0v) is 11.2. The van der Waals surface area contributed by atoms with Gasteiger partial charge in [0.15, 0.2) is 0 Å². The van der Waals surface area contributed by atoms with Crippen molar-refractivity contribution in [2.45, 2.75) is 57.8 Å². The van der Waals surface area contributed by atoms with Gasteiger partial charge in [-0.25, -0.2) is 0 Å². The molecule has 0 rings (SSSR count). The highest BCUT2D eigenvalue weighted by Gasteiger charge is 2.24. The number of esters is 1. The maximum absolute atomic E-state index is 10.9. The van der Waals surface area contributed by atoms with Crippen LogP contribution in [0.4, 0.5) is 0 Å². The van der Waals surface area contributed by atoms with Gasteiger partial charge < -0.3 is 4.74 Å². The second-order valence-electron chi connectivity index (χ2n) is 4.94. The molecule has 0 aliphatic rings. The summed E-state index contributed by atoms with van der Waals surface area (Å²) >= 11 is 0. The van der Waals surface area contributed by atoms with E-state index in [9.17, 15) is 4.79 Å². The fraction of sp³-hybridized carbons (Fsp3) is 0.909. The molecular formula is C11H24O2Si. The Morgan fingerprint density at radius 2 is 1.93 bits per heavy atom. The molecule has 0 aromatic heterocycles. The zero-order chi connectivity index (χ0) is 11.2. The second kappa shape index (κ2) is 6.22. The number of hydrogen-bond donors (Lipinski definition) is 0. The van der Waals surface area contributed by atoms with Crippen molar-refractivity contribution >= 4 is 14.0 Å². The third-order valence-corrected chi connectivity index (χ3v) is 6.03. The molecule has 1 atom stereocenters. The van der Waals surface area contributed by atoms with Gasteiger partial charge in [-0.1, -0.05) is 39.4 Å². The van der Waals surface area contributed by atoms with Gasteiger partial charge in [-0.05, 0) is 12.0 Å². The lowest BCUT2D eigenvalue weighted by Gasteiger charge is -2.27. The molecule has 2 nitrogen and oxygen atoms in total. The van der Waals surface area contributed by atoms with Crippen molar-refractivity contribution in [2.24, 2.45) is 0 Å². The average molecular weight is 216 g/mol. The summed E-state index contributed by atoms with van der Waals surface area (Å²) in [4.78, 5) is 10.9. The molecule has 14 heavy (non-hydrogen) atoms. The Hall–Kier alpha value is -0.313. The first-order valence-corrected chi connectivity index (χ1v) is 9.06. The molecule has 0 aromatic carbocycles. The van der Waals surface area contributed by atoms with Gasteiger partial charge in [-0.15, -0.1) is 0 Å². The van der Waals surface area contributed by atoms with E-state index in [1.54, 1.807) is 0 Å². The van der Waals surface area contributed by atoms with Crippen molar-refractivity contribution < 1.29 is 9.53 Å². The van der Waals surface area contributed by atoms with Crippen LogP contribution in [0.1, 0.15) is 32.6 Å². The Bertz CT molecular complexity index is 173. The number of ether oxygens (including phenoxy) is 1. The monoisotopic (exact) mass is 216 g/mol. The lowest BCUT2D eigenvalue weighted by atomic mass is 10.1. The maximum Gasteiger partial charge on any atom is 0.305 e. The first-order valence-electron chi connectivity index (χ1n) is 5.48. The fourth-order valence-corrected chi connectivity index (χ4v) is 4.14. The molecule has 84 valence electrons. The van der Waals surface area contributed by atoms with E-state index in [1.807, 2.05) is 0 Å². The molecular weight excluding hydrogens is 192 g/mol. The molecule has 0 radical (unpaired) electrons. The third-order valence-electron chi connectivity index (χ3n) is 2.88. The highest BCUT2D eigenvalue weighted by molar-refractivity contribution is 6.77. The summed E-state index contributed by atoms with van der Waals surface area (Å²) in [5.41, 5.74) is 0.840. The van der Waals surface area contributed by atoms with E-state index in [0.29, 0.717) is 6.42 Å². The number of rotatable bonds is 6. The lowest BCUT2D eigenvalue weighted by molar-refractivity contribution is -0.140. The molecule has 0 fully saturated rings. The van der Waals surface area contributed by atoms with Crippen LogP contribution in [0.5, 0.6) is 0 Å². The van der Waals surface area contributed by atoms with Crippen molar-refractivity contribution in [1.29, 1.82) is 0 Å². The van der Waals surface area contributed by atoms with Gasteiger partial charge in [0.2, 0.25) is 0 Å². The Labute approximate surface area is 89.0 Å². The van der Waals surface area contributed by atoms with E-state index in [4.69, 9.17) is 0 Å². The molecule has 0 bridgehead atoms. The largest absolute Gasteiger partial charge is 0.469 e. The minimum atomic E-state index is -1.02.